The van der Waals surface area contributed by atoms with Gasteiger partial charge in [-0.15, -0.1) is 0 Å². The smallest absolute Gasteiger partial charge is 0.280 e. The topological polar surface area (TPSA) is 94.4 Å². The van der Waals surface area contributed by atoms with E-state index in [1.807, 2.05) is 19.1 Å². The molecule has 0 aliphatic heterocycles. The van der Waals surface area contributed by atoms with Crippen molar-refractivity contribution in [2.75, 3.05) is 0 Å². The molecule has 0 fully saturated rings. The van der Waals surface area contributed by atoms with Gasteiger partial charge in [-0.1, -0.05) is 35.3 Å². The Labute approximate surface area is 154 Å². The number of hydrogen-bond acceptors (Lipinski definition) is 2. The van der Waals surface area contributed by atoms with Crippen LogP contribution in [0.1, 0.15) is 15.9 Å². The molecule has 0 aliphatic carbocycles. The number of nitrogens with two attached hydrogens (primary N) is 2. The maximum atomic E-state index is 12.1. The Balaban J connectivity index is 2.31. The molecule has 5 nitrogen and oxygen atoms in total. The number of aryl methyl sites for hydroxylation is 1. The number of benzene rings is 2. The number of aliphatic imine (C=N–C) groups is 1. The van der Waals surface area contributed by atoms with Gasteiger partial charge in [0.25, 0.3) is 5.91 Å². The summed E-state index contributed by atoms with van der Waals surface area (Å²) in [6.07, 6.45) is 1.76. The van der Waals surface area contributed by atoms with Gasteiger partial charge < -0.3 is 11.5 Å². The molecule has 1 aromatic heterocycles. The minimum atomic E-state index is -0.522. The lowest BCUT2D eigenvalue weighted by molar-refractivity contribution is 0.100. The molecule has 0 radical (unpaired) electrons. The molecule has 0 bridgehead atoms. The van der Waals surface area contributed by atoms with E-state index in [0.29, 0.717) is 15.6 Å². The molecule has 0 aliphatic rings. The Morgan fingerprint density at radius 3 is 2.64 bits per heavy atom. The van der Waals surface area contributed by atoms with Gasteiger partial charge >= 0.3 is 0 Å². The van der Waals surface area contributed by atoms with E-state index in [9.17, 15) is 4.79 Å². The van der Waals surface area contributed by atoms with Gasteiger partial charge in [0.05, 0.1) is 15.6 Å². The van der Waals surface area contributed by atoms with Crippen LogP contribution in [0.4, 0.5) is 0 Å². The van der Waals surface area contributed by atoms with Gasteiger partial charge in [0, 0.05) is 22.7 Å². The van der Waals surface area contributed by atoms with Crippen molar-refractivity contribution < 1.29 is 4.79 Å². The van der Waals surface area contributed by atoms with Gasteiger partial charge in [0.15, 0.2) is 5.96 Å². The third kappa shape index (κ3) is 3.29. The fourth-order valence-corrected chi connectivity index (χ4v) is 3.06. The predicted octanol–water partition coefficient (Wildman–Crippen LogP) is 3.93. The van der Waals surface area contributed by atoms with Crippen LogP contribution in [0.2, 0.25) is 10.0 Å². The van der Waals surface area contributed by atoms with Crippen LogP contribution in [0.3, 0.4) is 0 Å². The van der Waals surface area contributed by atoms with Crippen LogP contribution in [0.15, 0.2) is 47.6 Å². The number of hydrogen-bond donors (Lipinski definition) is 2. The summed E-state index contributed by atoms with van der Waals surface area (Å²) >= 11 is 12.6. The van der Waals surface area contributed by atoms with Crippen molar-refractivity contribution in [1.82, 2.24) is 4.98 Å². The monoisotopic (exact) mass is 372 g/mol. The Kier molecular flexibility index (Phi) is 4.61. The summed E-state index contributed by atoms with van der Waals surface area (Å²) in [7, 11) is 0. The molecule has 7 heteroatoms. The van der Waals surface area contributed by atoms with Crippen molar-refractivity contribution in [3.63, 3.8) is 0 Å². The molecule has 4 N–H and O–H groups in total. The van der Waals surface area contributed by atoms with Crippen LogP contribution in [-0.4, -0.2) is 16.9 Å². The van der Waals surface area contributed by atoms with Gasteiger partial charge in [-0.05, 0) is 42.3 Å². The number of halogens is 2. The molecule has 1 amide bonds. The number of amides is 1. The lowest BCUT2D eigenvalue weighted by atomic mass is 9.96. The van der Waals surface area contributed by atoms with E-state index in [1.165, 1.54) is 0 Å². The highest BCUT2D eigenvalue weighted by molar-refractivity contribution is 6.44. The molecule has 25 heavy (non-hydrogen) atoms. The quantitative estimate of drug-likeness (QED) is 0.526. The molecule has 0 atom stereocenters. The molecule has 0 saturated heterocycles. The summed E-state index contributed by atoms with van der Waals surface area (Å²) in [5.41, 5.74) is 14.2. The van der Waals surface area contributed by atoms with E-state index in [0.717, 1.165) is 27.6 Å². The van der Waals surface area contributed by atoms with Crippen LogP contribution in [-0.2, 0) is 0 Å². The highest BCUT2D eigenvalue weighted by Gasteiger charge is 2.15. The van der Waals surface area contributed by atoms with Gasteiger partial charge in [0.2, 0.25) is 0 Å². The van der Waals surface area contributed by atoms with Crippen LogP contribution < -0.4 is 11.5 Å². The summed E-state index contributed by atoms with van der Waals surface area (Å²) in [5.74, 6) is -0.808. The number of aromatic nitrogens is 1. The van der Waals surface area contributed by atoms with Crippen LogP contribution in [0, 0.1) is 6.92 Å². The van der Waals surface area contributed by atoms with E-state index in [1.54, 1.807) is 30.5 Å². The molecule has 0 unspecified atom stereocenters. The summed E-state index contributed by atoms with van der Waals surface area (Å²) in [5, 5.41) is 1.66. The Bertz CT molecular complexity index is 1030. The van der Waals surface area contributed by atoms with E-state index in [-0.39, 0.29) is 5.96 Å². The molecule has 3 rings (SSSR count). The fourth-order valence-electron chi connectivity index (χ4n) is 2.66. The first-order valence-corrected chi connectivity index (χ1v) is 8.12. The second-order valence-electron chi connectivity index (χ2n) is 5.49. The first kappa shape index (κ1) is 17.2. The second-order valence-corrected chi connectivity index (χ2v) is 6.28. The number of carbonyl (C=O) groups is 1. The zero-order chi connectivity index (χ0) is 18.1. The number of fused-ring (bicyclic) bond motifs is 1. The third-order valence-corrected chi connectivity index (χ3v) is 4.57. The average Bonchev–Trinajstić information content (AvgIpc) is 2.57. The summed E-state index contributed by atoms with van der Waals surface area (Å²) in [4.78, 5) is 20.1. The van der Waals surface area contributed by atoms with Crippen molar-refractivity contribution >= 4 is 46.0 Å². The van der Waals surface area contributed by atoms with Gasteiger partial charge in [-0.2, -0.15) is 4.99 Å². The number of nitrogens with zero attached hydrogens (tertiary/aromatic N) is 2. The first-order valence-electron chi connectivity index (χ1n) is 7.36. The molecule has 1 heterocycles. The van der Waals surface area contributed by atoms with E-state index in [2.05, 4.69) is 9.98 Å². The van der Waals surface area contributed by atoms with Gasteiger partial charge in [0.1, 0.15) is 0 Å². The second kappa shape index (κ2) is 6.70. The predicted molar refractivity (Wildman–Crippen MR) is 102 cm³/mol. The third-order valence-electron chi connectivity index (χ3n) is 3.76. The Morgan fingerprint density at radius 1 is 1.16 bits per heavy atom. The largest absolute Gasteiger partial charge is 0.370 e. The molecule has 126 valence electrons. The van der Waals surface area contributed by atoms with Crippen molar-refractivity contribution in [2.45, 2.75) is 6.92 Å². The van der Waals surface area contributed by atoms with Crippen molar-refractivity contribution in [3.05, 3.63) is 63.8 Å². The standard InChI is InChI=1S/C18H14Cl2N4O/c1-9-8-23-14-6-5-10(17(25)24-18(21)22)7-12(14)15(9)11-3-2-4-13(19)16(11)20/h2-8H,1H3,(H4,21,22,24,25). The summed E-state index contributed by atoms with van der Waals surface area (Å²) < 4.78 is 0. The lowest BCUT2D eigenvalue weighted by Crippen LogP contribution is -2.24. The average molecular weight is 373 g/mol. The summed E-state index contributed by atoms with van der Waals surface area (Å²) in [6.45, 7) is 1.92. The maximum absolute atomic E-state index is 12.1. The van der Waals surface area contributed by atoms with Crippen molar-refractivity contribution in [2.24, 2.45) is 16.5 Å². The number of rotatable bonds is 2. The molecular formula is C18H14Cl2N4O. The van der Waals surface area contributed by atoms with Crippen LogP contribution in [0.5, 0.6) is 0 Å². The van der Waals surface area contributed by atoms with E-state index in [4.69, 9.17) is 34.7 Å². The van der Waals surface area contributed by atoms with Crippen LogP contribution in [0.25, 0.3) is 22.0 Å². The highest BCUT2D eigenvalue weighted by Crippen LogP contribution is 2.38. The minimum absolute atomic E-state index is 0.287. The van der Waals surface area contributed by atoms with Gasteiger partial charge in [-0.3, -0.25) is 9.78 Å². The molecular weight excluding hydrogens is 359 g/mol. The highest BCUT2D eigenvalue weighted by atomic mass is 35.5. The molecule has 3 aromatic rings. The normalized spacial score (nSPS) is 10.7. The van der Waals surface area contributed by atoms with Gasteiger partial charge in [-0.25, -0.2) is 0 Å². The minimum Gasteiger partial charge on any atom is -0.370 e. The lowest BCUT2D eigenvalue weighted by Gasteiger charge is -2.13. The Morgan fingerprint density at radius 2 is 1.92 bits per heavy atom. The molecule has 0 spiro atoms. The zero-order valence-corrected chi connectivity index (χ0v) is 14.8. The molecule has 2 aromatic carbocycles. The fraction of sp³-hybridized carbons (Fsp3) is 0.0556. The zero-order valence-electron chi connectivity index (χ0n) is 13.3. The van der Waals surface area contributed by atoms with E-state index >= 15 is 0 Å². The van der Waals surface area contributed by atoms with Crippen molar-refractivity contribution in [3.8, 4) is 11.1 Å². The number of carbonyl (C=O) groups excluding carboxylic acids is 1. The van der Waals surface area contributed by atoms with E-state index < -0.39 is 5.91 Å². The number of guanidine groups is 1. The maximum Gasteiger partial charge on any atom is 0.280 e. The summed E-state index contributed by atoms with van der Waals surface area (Å²) in [6, 6.07) is 10.5. The Hall–Kier alpha value is -2.63. The SMILES string of the molecule is Cc1cnc2ccc(C(=O)N=C(N)N)cc2c1-c1cccc(Cl)c1Cl. The first-order chi connectivity index (χ1) is 11.9. The van der Waals surface area contributed by atoms with Crippen molar-refractivity contribution in [1.29, 1.82) is 0 Å². The number of pyridine rings is 1. The van der Waals surface area contributed by atoms with Crippen LogP contribution >= 0.6 is 23.2 Å². The molecule has 0 saturated carbocycles.